The molecule has 0 saturated heterocycles. The maximum Gasteiger partial charge on any atom is 0.289 e. The van der Waals surface area contributed by atoms with Gasteiger partial charge in [-0.3, -0.25) is 10.1 Å². The van der Waals surface area contributed by atoms with Crippen LogP contribution in [-0.4, -0.2) is 30.6 Å². The van der Waals surface area contributed by atoms with Gasteiger partial charge in [0.05, 0.1) is 11.0 Å². The van der Waals surface area contributed by atoms with Gasteiger partial charge in [-0.25, -0.2) is 13.1 Å². The molecule has 1 aromatic carbocycles. The van der Waals surface area contributed by atoms with Gasteiger partial charge >= 0.3 is 0 Å². The van der Waals surface area contributed by atoms with Crippen molar-refractivity contribution in [2.24, 2.45) is 5.41 Å². The van der Waals surface area contributed by atoms with Crippen molar-refractivity contribution in [1.29, 1.82) is 0 Å². The van der Waals surface area contributed by atoms with Crippen molar-refractivity contribution in [3.05, 3.63) is 34.4 Å². The van der Waals surface area contributed by atoms with E-state index in [4.69, 9.17) is 0 Å². The van der Waals surface area contributed by atoms with E-state index in [1.54, 1.807) is 13.8 Å². The first kappa shape index (κ1) is 14.9. The van der Waals surface area contributed by atoms with E-state index in [1.165, 1.54) is 18.2 Å². The second-order valence-corrected chi connectivity index (χ2v) is 7.15. The largest absolute Gasteiger partial charge is 0.392 e. The highest BCUT2D eigenvalue weighted by Gasteiger charge is 2.49. The predicted molar refractivity (Wildman–Crippen MR) is 71.6 cm³/mol. The monoisotopic (exact) mass is 300 g/mol. The van der Waals surface area contributed by atoms with Crippen LogP contribution in [0, 0.1) is 15.5 Å². The van der Waals surface area contributed by atoms with Gasteiger partial charge in [0.15, 0.2) is 4.90 Å². The number of nitrogens with zero attached hydrogens (tertiary/aromatic N) is 1. The first-order chi connectivity index (χ1) is 9.16. The molecule has 1 fully saturated rings. The lowest BCUT2D eigenvalue weighted by atomic mass is 9.65. The number of sulfonamides is 1. The summed E-state index contributed by atoms with van der Waals surface area (Å²) in [6, 6.07) is 4.75. The zero-order chi connectivity index (χ0) is 15.1. The molecule has 20 heavy (non-hydrogen) atoms. The van der Waals surface area contributed by atoms with Crippen LogP contribution in [0.3, 0.4) is 0 Å². The first-order valence-corrected chi connectivity index (χ1v) is 7.58. The van der Waals surface area contributed by atoms with Gasteiger partial charge in [0, 0.05) is 17.5 Å². The minimum Gasteiger partial charge on any atom is -0.392 e. The van der Waals surface area contributed by atoms with Crippen molar-refractivity contribution in [2.75, 3.05) is 0 Å². The highest BCUT2D eigenvalue weighted by Crippen LogP contribution is 2.41. The van der Waals surface area contributed by atoms with E-state index < -0.39 is 38.2 Å². The molecule has 0 aromatic heterocycles. The Labute approximate surface area is 116 Å². The molecule has 1 aliphatic carbocycles. The standard InChI is InChI=1S/C12H16N2O5S/c1-12(2)10(7-11(12)15)13-20(18,19)9-6-4-3-5-8(9)14(16)17/h3-6,10-11,13,15H,7H2,1-2H3. The molecule has 0 bridgehead atoms. The van der Waals surface area contributed by atoms with Crippen molar-refractivity contribution in [3.63, 3.8) is 0 Å². The zero-order valence-corrected chi connectivity index (χ0v) is 11.9. The summed E-state index contributed by atoms with van der Waals surface area (Å²) in [6.07, 6.45) is -0.284. The van der Waals surface area contributed by atoms with Crippen LogP contribution in [0.5, 0.6) is 0 Å². The minimum atomic E-state index is -3.99. The molecule has 1 aliphatic rings. The fraction of sp³-hybridized carbons (Fsp3) is 0.500. The van der Waals surface area contributed by atoms with Gasteiger partial charge in [0.25, 0.3) is 5.69 Å². The summed E-state index contributed by atoms with van der Waals surface area (Å²) < 4.78 is 26.9. The maximum absolute atomic E-state index is 12.3. The second-order valence-electron chi connectivity index (χ2n) is 5.47. The van der Waals surface area contributed by atoms with E-state index in [0.29, 0.717) is 6.42 Å². The molecule has 0 radical (unpaired) electrons. The van der Waals surface area contributed by atoms with E-state index in [1.807, 2.05) is 0 Å². The highest BCUT2D eigenvalue weighted by molar-refractivity contribution is 7.89. The van der Waals surface area contributed by atoms with Gasteiger partial charge in [-0.1, -0.05) is 26.0 Å². The maximum atomic E-state index is 12.3. The van der Waals surface area contributed by atoms with Crippen molar-refractivity contribution < 1.29 is 18.4 Å². The summed E-state index contributed by atoms with van der Waals surface area (Å²) in [7, 11) is -3.99. The van der Waals surface area contributed by atoms with Gasteiger partial charge in [-0.05, 0) is 12.5 Å². The number of hydrogen-bond acceptors (Lipinski definition) is 5. The molecule has 0 amide bonds. The fourth-order valence-corrected chi connectivity index (χ4v) is 3.77. The summed E-state index contributed by atoms with van der Waals surface area (Å²) in [4.78, 5) is 9.80. The zero-order valence-electron chi connectivity index (χ0n) is 11.1. The van der Waals surface area contributed by atoms with Gasteiger partial charge < -0.3 is 5.11 Å². The van der Waals surface area contributed by atoms with E-state index in [9.17, 15) is 23.6 Å². The van der Waals surface area contributed by atoms with Crippen LogP contribution in [0.25, 0.3) is 0 Å². The number of benzene rings is 1. The Morgan fingerprint density at radius 2 is 2.00 bits per heavy atom. The van der Waals surface area contributed by atoms with Gasteiger partial charge in [0.1, 0.15) is 0 Å². The molecule has 0 heterocycles. The van der Waals surface area contributed by atoms with Gasteiger partial charge in [0.2, 0.25) is 10.0 Å². The van der Waals surface area contributed by atoms with E-state index in [-0.39, 0.29) is 4.90 Å². The number of aliphatic hydroxyl groups is 1. The van der Waals surface area contributed by atoms with Crippen LogP contribution in [-0.2, 0) is 10.0 Å². The number of nitro benzene ring substituents is 1. The first-order valence-electron chi connectivity index (χ1n) is 6.10. The topological polar surface area (TPSA) is 110 Å². The van der Waals surface area contributed by atoms with E-state index in [2.05, 4.69) is 4.72 Å². The lowest BCUT2D eigenvalue weighted by Gasteiger charge is -2.49. The van der Waals surface area contributed by atoms with E-state index >= 15 is 0 Å². The Kier molecular flexibility index (Phi) is 3.57. The molecule has 110 valence electrons. The summed E-state index contributed by atoms with van der Waals surface area (Å²) >= 11 is 0. The SMILES string of the molecule is CC1(C)C(O)CC1NS(=O)(=O)c1ccccc1[N+](=O)[O-]. The van der Waals surface area contributed by atoms with Crippen LogP contribution in [0.2, 0.25) is 0 Å². The van der Waals surface area contributed by atoms with Crippen molar-refractivity contribution >= 4 is 15.7 Å². The average Bonchev–Trinajstić information content (AvgIpc) is 2.38. The smallest absolute Gasteiger partial charge is 0.289 e. The number of nitro groups is 1. The number of rotatable bonds is 4. The minimum absolute atomic E-state index is 0.298. The molecule has 7 nitrogen and oxygen atoms in total. The number of hydrogen-bond donors (Lipinski definition) is 2. The lowest BCUT2D eigenvalue weighted by molar-refractivity contribution is -0.387. The molecule has 0 aliphatic heterocycles. The number of nitrogens with one attached hydrogen (secondary N) is 1. The predicted octanol–water partition coefficient (Wildman–Crippen LogP) is 1.03. The quantitative estimate of drug-likeness (QED) is 0.637. The Bertz CT molecular complexity index is 641. The van der Waals surface area contributed by atoms with Crippen LogP contribution in [0.1, 0.15) is 20.3 Å². The van der Waals surface area contributed by atoms with Crippen molar-refractivity contribution in [1.82, 2.24) is 4.72 Å². The molecule has 2 N–H and O–H groups in total. The summed E-state index contributed by atoms with van der Waals surface area (Å²) in [6.45, 7) is 3.49. The van der Waals surface area contributed by atoms with Gasteiger partial charge in [-0.15, -0.1) is 0 Å². The summed E-state index contributed by atoms with van der Waals surface area (Å²) in [5.74, 6) is 0. The van der Waals surface area contributed by atoms with Gasteiger partial charge in [-0.2, -0.15) is 0 Å². The van der Waals surface area contributed by atoms with Crippen LogP contribution in [0.15, 0.2) is 29.2 Å². The molecular formula is C12H16N2O5S. The summed E-state index contributed by atoms with van der Waals surface area (Å²) in [5, 5.41) is 20.5. The molecule has 2 atom stereocenters. The summed E-state index contributed by atoms with van der Waals surface area (Å²) in [5.41, 5.74) is -1.05. The third kappa shape index (κ3) is 2.41. The molecule has 0 spiro atoms. The van der Waals surface area contributed by atoms with Crippen LogP contribution < -0.4 is 4.72 Å². The Morgan fingerprint density at radius 3 is 2.50 bits per heavy atom. The fourth-order valence-electron chi connectivity index (χ4n) is 2.19. The highest BCUT2D eigenvalue weighted by atomic mass is 32.2. The third-order valence-corrected chi connectivity index (χ3v) is 5.38. The molecule has 8 heteroatoms. The number of aliphatic hydroxyl groups excluding tert-OH is 1. The Balaban J connectivity index is 2.31. The lowest BCUT2D eigenvalue weighted by Crippen LogP contribution is -2.61. The van der Waals surface area contributed by atoms with Crippen molar-refractivity contribution in [3.8, 4) is 0 Å². The molecule has 2 rings (SSSR count). The molecule has 2 unspecified atom stereocenters. The Hall–Kier alpha value is -1.51. The average molecular weight is 300 g/mol. The second kappa shape index (κ2) is 4.80. The normalized spacial score (nSPS) is 24.9. The number of para-hydroxylation sites is 1. The molecule has 1 aromatic rings. The Morgan fingerprint density at radius 1 is 1.40 bits per heavy atom. The third-order valence-electron chi connectivity index (χ3n) is 3.86. The van der Waals surface area contributed by atoms with Crippen LogP contribution >= 0.6 is 0 Å². The molecular weight excluding hydrogens is 284 g/mol. The van der Waals surface area contributed by atoms with Crippen LogP contribution in [0.4, 0.5) is 5.69 Å². The van der Waals surface area contributed by atoms with E-state index in [0.717, 1.165) is 6.07 Å². The van der Waals surface area contributed by atoms with Crippen molar-refractivity contribution in [2.45, 2.75) is 37.3 Å². The molecule has 1 saturated carbocycles.